The van der Waals surface area contributed by atoms with Crippen LogP contribution >= 0.6 is 0 Å². The fourth-order valence-electron chi connectivity index (χ4n) is 3.17. The molecule has 0 aromatic heterocycles. The summed E-state index contributed by atoms with van der Waals surface area (Å²) in [6, 6.07) is 0.556. The highest BCUT2D eigenvalue weighted by Crippen LogP contribution is 2.38. The number of hydrogen-bond donors (Lipinski definition) is 1. The second kappa shape index (κ2) is 5.03. The topological polar surface area (TPSA) is 38.5 Å². The third-order valence-electron chi connectivity index (χ3n) is 4.37. The number of hydrogen-bond acceptors (Lipinski definition) is 3. The van der Waals surface area contributed by atoms with Crippen LogP contribution in [0.2, 0.25) is 0 Å². The van der Waals surface area contributed by atoms with Crippen LogP contribution < -0.4 is 5.73 Å². The summed E-state index contributed by atoms with van der Waals surface area (Å²) < 4.78 is 5.68. The number of nitrogens with zero attached hydrogens (tertiary/aromatic N) is 1. The molecule has 1 aliphatic heterocycles. The average Bonchev–Trinajstić information content (AvgIpc) is 2.73. The molecule has 0 aromatic rings. The van der Waals surface area contributed by atoms with E-state index in [0.717, 1.165) is 19.7 Å². The van der Waals surface area contributed by atoms with E-state index in [1.807, 2.05) is 0 Å². The third-order valence-corrected chi connectivity index (χ3v) is 4.37. The van der Waals surface area contributed by atoms with Crippen molar-refractivity contribution in [3.8, 4) is 0 Å². The van der Waals surface area contributed by atoms with E-state index in [9.17, 15) is 0 Å². The zero-order chi connectivity index (χ0) is 11.6. The Labute approximate surface area is 99.3 Å². The summed E-state index contributed by atoms with van der Waals surface area (Å²) >= 11 is 0. The molecular formula is C13H26N2O. The molecule has 0 aromatic carbocycles. The van der Waals surface area contributed by atoms with Gasteiger partial charge >= 0.3 is 0 Å². The minimum Gasteiger partial charge on any atom is -0.376 e. The van der Waals surface area contributed by atoms with Crippen LogP contribution in [0.25, 0.3) is 0 Å². The van der Waals surface area contributed by atoms with Crippen molar-refractivity contribution in [1.82, 2.24) is 4.90 Å². The molecular weight excluding hydrogens is 200 g/mol. The maximum Gasteiger partial charge on any atom is 0.0674 e. The summed E-state index contributed by atoms with van der Waals surface area (Å²) in [7, 11) is 0. The molecule has 2 fully saturated rings. The summed E-state index contributed by atoms with van der Waals surface area (Å²) in [6.07, 6.45) is 5.76. The molecule has 1 aliphatic carbocycles. The lowest BCUT2D eigenvalue weighted by atomic mass is 9.85. The first-order valence-corrected chi connectivity index (χ1v) is 6.71. The normalized spacial score (nSPS) is 35.4. The standard InChI is InChI=1S/C13H26N2O/c1-11-8-16-12(2)7-15(11)10-13(9-14)5-3-4-6-13/h11-12H,3-10,14H2,1-2H3. The quantitative estimate of drug-likeness (QED) is 0.794. The Bertz CT molecular complexity index is 226. The van der Waals surface area contributed by atoms with Crippen LogP contribution in [0.3, 0.4) is 0 Å². The Morgan fingerprint density at radius 1 is 1.31 bits per heavy atom. The zero-order valence-corrected chi connectivity index (χ0v) is 10.7. The fourth-order valence-corrected chi connectivity index (χ4v) is 3.17. The minimum absolute atomic E-state index is 0.382. The van der Waals surface area contributed by atoms with E-state index in [4.69, 9.17) is 10.5 Å². The van der Waals surface area contributed by atoms with E-state index in [0.29, 0.717) is 17.6 Å². The van der Waals surface area contributed by atoms with Gasteiger partial charge < -0.3 is 10.5 Å². The van der Waals surface area contributed by atoms with Gasteiger partial charge in [0.1, 0.15) is 0 Å². The Morgan fingerprint density at radius 3 is 2.62 bits per heavy atom. The molecule has 1 heterocycles. The largest absolute Gasteiger partial charge is 0.376 e. The van der Waals surface area contributed by atoms with Crippen LogP contribution in [-0.2, 0) is 4.74 Å². The lowest BCUT2D eigenvalue weighted by molar-refractivity contribution is -0.0619. The van der Waals surface area contributed by atoms with Crippen molar-refractivity contribution in [2.75, 3.05) is 26.2 Å². The predicted octanol–water partition coefficient (Wildman–Crippen LogP) is 1.61. The van der Waals surface area contributed by atoms with Crippen molar-refractivity contribution in [1.29, 1.82) is 0 Å². The average molecular weight is 226 g/mol. The lowest BCUT2D eigenvalue weighted by Crippen LogP contribution is -2.52. The number of morpholine rings is 1. The Balaban J connectivity index is 1.96. The van der Waals surface area contributed by atoms with Crippen LogP contribution in [-0.4, -0.2) is 43.3 Å². The molecule has 0 bridgehead atoms. The molecule has 2 unspecified atom stereocenters. The number of nitrogens with two attached hydrogens (primary N) is 1. The molecule has 1 saturated carbocycles. The van der Waals surface area contributed by atoms with E-state index in [1.54, 1.807) is 0 Å². The van der Waals surface area contributed by atoms with Crippen molar-refractivity contribution in [3.63, 3.8) is 0 Å². The fraction of sp³-hybridized carbons (Fsp3) is 1.00. The van der Waals surface area contributed by atoms with Crippen molar-refractivity contribution < 1.29 is 4.74 Å². The van der Waals surface area contributed by atoms with Crippen molar-refractivity contribution in [2.45, 2.75) is 51.7 Å². The van der Waals surface area contributed by atoms with Gasteiger partial charge in [0.2, 0.25) is 0 Å². The number of ether oxygens (including phenoxy) is 1. The van der Waals surface area contributed by atoms with E-state index in [-0.39, 0.29) is 0 Å². The highest BCUT2D eigenvalue weighted by molar-refractivity contribution is 4.90. The molecule has 0 radical (unpaired) electrons. The van der Waals surface area contributed by atoms with E-state index >= 15 is 0 Å². The SMILES string of the molecule is CC1CN(CC2(CN)CCCC2)C(C)CO1. The van der Waals surface area contributed by atoms with Crippen molar-refractivity contribution in [2.24, 2.45) is 11.1 Å². The maximum absolute atomic E-state index is 6.01. The lowest BCUT2D eigenvalue weighted by Gasteiger charge is -2.42. The second-order valence-corrected chi connectivity index (χ2v) is 5.83. The molecule has 3 nitrogen and oxygen atoms in total. The van der Waals surface area contributed by atoms with Crippen LogP contribution in [0.15, 0.2) is 0 Å². The third kappa shape index (κ3) is 2.58. The predicted molar refractivity (Wildman–Crippen MR) is 66.4 cm³/mol. The molecule has 2 atom stereocenters. The molecule has 3 heteroatoms. The highest BCUT2D eigenvalue weighted by atomic mass is 16.5. The summed E-state index contributed by atoms with van der Waals surface area (Å²) in [5.74, 6) is 0. The summed E-state index contributed by atoms with van der Waals surface area (Å²) in [6.45, 7) is 8.42. The first-order chi connectivity index (χ1) is 7.65. The maximum atomic E-state index is 6.01. The first-order valence-electron chi connectivity index (χ1n) is 6.71. The molecule has 2 rings (SSSR count). The van der Waals surface area contributed by atoms with Gasteiger partial charge in [0.25, 0.3) is 0 Å². The highest BCUT2D eigenvalue weighted by Gasteiger charge is 2.36. The van der Waals surface area contributed by atoms with E-state index < -0.39 is 0 Å². The number of rotatable bonds is 3. The van der Waals surface area contributed by atoms with E-state index in [1.165, 1.54) is 32.2 Å². The molecule has 0 spiro atoms. The zero-order valence-electron chi connectivity index (χ0n) is 10.7. The smallest absolute Gasteiger partial charge is 0.0674 e. The van der Waals surface area contributed by atoms with Crippen LogP contribution in [0.4, 0.5) is 0 Å². The van der Waals surface area contributed by atoms with Gasteiger partial charge in [0, 0.05) is 19.1 Å². The van der Waals surface area contributed by atoms with Gasteiger partial charge in [-0.25, -0.2) is 0 Å². The van der Waals surface area contributed by atoms with Crippen molar-refractivity contribution >= 4 is 0 Å². The van der Waals surface area contributed by atoms with Gasteiger partial charge in [-0.05, 0) is 38.6 Å². The molecule has 0 amide bonds. The molecule has 2 N–H and O–H groups in total. The minimum atomic E-state index is 0.382. The van der Waals surface area contributed by atoms with Crippen molar-refractivity contribution in [3.05, 3.63) is 0 Å². The van der Waals surface area contributed by atoms with Crippen LogP contribution in [0, 0.1) is 5.41 Å². The van der Waals surface area contributed by atoms with Gasteiger partial charge in [-0.1, -0.05) is 12.8 Å². The van der Waals surface area contributed by atoms with Gasteiger partial charge in [0.15, 0.2) is 0 Å². The molecule has 16 heavy (non-hydrogen) atoms. The summed E-state index contributed by atoms with van der Waals surface area (Å²) in [5, 5.41) is 0. The Morgan fingerprint density at radius 2 is 2.00 bits per heavy atom. The summed E-state index contributed by atoms with van der Waals surface area (Å²) in [4.78, 5) is 2.59. The monoisotopic (exact) mass is 226 g/mol. The Kier molecular flexibility index (Phi) is 3.88. The Hall–Kier alpha value is -0.120. The van der Waals surface area contributed by atoms with Gasteiger partial charge in [-0.2, -0.15) is 0 Å². The van der Waals surface area contributed by atoms with E-state index in [2.05, 4.69) is 18.7 Å². The second-order valence-electron chi connectivity index (χ2n) is 5.83. The molecule has 2 aliphatic rings. The van der Waals surface area contributed by atoms with Crippen LogP contribution in [0.5, 0.6) is 0 Å². The van der Waals surface area contributed by atoms with Gasteiger partial charge in [-0.3, -0.25) is 4.90 Å². The summed E-state index contributed by atoms with van der Waals surface area (Å²) in [5.41, 5.74) is 6.42. The van der Waals surface area contributed by atoms with Crippen LogP contribution in [0.1, 0.15) is 39.5 Å². The molecule has 94 valence electrons. The first kappa shape index (κ1) is 12.3. The molecule has 1 saturated heterocycles. The van der Waals surface area contributed by atoms with Gasteiger partial charge in [0.05, 0.1) is 12.7 Å². The van der Waals surface area contributed by atoms with Gasteiger partial charge in [-0.15, -0.1) is 0 Å².